The number of nitrogens with zero attached hydrogens (tertiary/aromatic N) is 4. The number of nitrogens with one attached hydrogen (secondary N) is 2. The van der Waals surface area contributed by atoms with Crippen LogP contribution in [-0.2, 0) is 9.47 Å². The van der Waals surface area contributed by atoms with Crippen LogP contribution in [0.1, 0.15) is 34.6 Å². The minimum atomic E-state index is -0.480. The number of para-hydroxylation sites is 2. The van der Waals surface area contributed by atoms with Crippen LogP contribution in [0.3, 0.4) is 0 Å². The van der Waals surface area contributed by atoms with Gasteiger partial charge in [-0.1, -0.05) is 59.6 Å². The Bertz CT molecular complexity index is 1680. The van der Waals surface area contributed by atoms with E-state index in [0.29, 0.717) is 22.5 Å². The van der Waals surface area contributed by atoms with Gasteiger partial charge in [-0.25, -0.2) is 9.59 Å². The monoisotopic (exact) mass is 642 g/mol. The molecule has 0 bridgehead atoms. The van der Waals surface area contributed by atoms with Crippen molar-refractivity contribution < 1.29 is 19.1 Å². The number of carbonyl (C=O) groups excluding carboxylic acids is 2. The highest BCUT2D eigenvalue weighted by Crippen LogP contribution is 2.35. The Labute approximate surface area is 270 Å². The summed E-state index contributed by atoms with van der Waals surface area (Å²) in [5, 5.41) is 6.80. The number of rotatable bonds is 11. The van der Waals surface area contributed by atoms with Crippen molar-refractivity contribution in [1.29, 1.82) is 0 Å². The second-order valence-corrected chi connectivity index (χ2v) is 10.2. The van der Waals surface area contributed by atoms with Gasteiger partial charge in [0, 0.05) is 11.4 Å². The molecule has 0 saturated heterocycles. The quantitative estimate of drug-likeness (QED) is 0.136. The van der Waals surface area contributed by atoms with E-state index in [1.54, 1.807) is 38.1 Å². The number of hydrogen-bond acceptors (Lipinski definition) is 10. The molecule has 0 radical (unpaired) electrons. The Balaban J connectivity index is 1.57. The zero-order valence-corrected chi connectivity index (χ0v) is 25.8. The molecule has 0 aliphatic heterocycles. The van der Waals surface area contributed by atoms with Crippen LogP contribution in [0.25, 0.3) is 0 Å². The maximum Gasteiger partial charge on any atom is 0.338 e. The van der Waals surface area contributed by atoms with Gasteiger partial charge in [0.2, 0.25) is 17.8 Å². The third kappa shape index (κ3) is 7.67. The molecule has 12 heteroatoms. The van der Waals surface area contributed by atoms with E-state index in [1.807, 2.05) is 65.6 Å². The molecule has 0 aliphatic carbocycles. The standard InChI is InChI=1S/C33H28Cl2N6O4/c1-3-44-29(42)21-15-17-27(25(34)19-21)36-31-38-32(37-28-18-16-22(20-26(28)35)30(43)45-4-2)40-33(39-31)41(23-11-7-5-8-12-23)24-13-9-6-10-14-24/h5-20H,3-4H2,1-2H3,(H2,36,37,38,39,40). The lowest BCUT2D eigenvalue weighted by atomic mass is 10.2. The third-order valence-corrected chi connectivity index (χ3v) is 6.93. The van der Waals surface area contributed by atoms with Crippen LogP contribution in [0.15, 0.2) is 97.1 Å². The van der Waals surface area contributed by atoms with Gasteiger partial charge in [0.05, 0.1) is 45.8 Å². The summed E-state index contributed by atoms with van der Waals surface area (Å²) in [7, 11) is 0. The van der Waals surface area contributed by atoms with E-state index in [-0.39, 0.29) is 41.1 Å². The molecule has 0 aliphatic rings. The van der Waals surface area contributed by atoms with Crippen molar-refractivity contribution in [3.8, 4) is 0 Å². The molecule has 4 aromatic carbocycles. The largest absolute Gasteiger partial charge is 0.462 e. The molecule has 0 unspecified atom stereocenters. The molecule has 1 heterocycles. The first-order valence-electron chi connectivity index (χ1n) is 14.0. The average Bonchev–Trinajstić information content (AvgIpc) is 3.04. The van der Waals surface area contributed by atoms with Crippen LogP contribution in [0.4, 0.5) is 40.6 Å². The first-order chi connectivity index (χ1) is 21.9. The van der Waals surface area contributed by atoms with E-state index in [2.05, 4.69) is 15.6 Å². The number of hydrogen-bond donors (Lipinski definition) is 2. The molecule has 2 N–H and O–H groups in total. The van der Waals surface area contributed by atoms with Gasteiger partial charge in [0.15, 0.2) is 0 Å². The Kier molecular flexibility index (Phi) is 10.1. The van der Waals surface area contributed by atoms with Crippen LogP contribution >= 0.6 is 23.2 Å². The van der Waals surface area contributed by atoms with E-state index in [4.69, 9.17) is 42.6 Å². The van der Waals surface area contributed by atoms with Crippen LogP contribution in [-0.4, -0.2) is 40.1 Å². The summed E-state index contributed by atoms with van der Waals surface area (Å²) in [5.41, 5.74) is 3.14. The summed E-state index contributed by atoms with van der Waals surface area (Å²) in [6.45, 7) is 3.95. The predicted molar refractivity (Wildman–Crippen MR) is 176 cm³/mol. The van der Waals surface area contributed by atoms with Gasteiger partial charge in [-0.3, -0.25) is 4.90 Å². The van der Waals surface area contributed by atoms with Gasteiger partial charge in [0.1, 0.15) is 0 Å². The normalized spacial score (nSPS) is 10.6. The molecule has 0 amide bonds. The van der Waals surface area contributed by atoms with E-state index in [0.717, 1.165) is 11.4 Å². The number of benzene rings is 4. The third-order valence-electron chi connectivity index (χ3n) is 6.31. The molecule has 5 aromatic rings. The van der Waals surface area contributed by atoms with Crippen LogP contribution in [0, 0.1) is 0 Å². The van der Waals surface area contributed by atoms with Gasteiger partial charge in [-0.15, -0.1) is 0 Å². The number of aromatic nitrogens is 3. The summed E-state index contributed by atoms with van der Waals surface area (Å²) < 4.78 is 10.2. The topological polar surface area (TPSA) is 119 Å². The minimum absolute atomic E-state index is 0.157. The molecular formula is C33H28Cl2N6O4. The molecule has 228 valence electrons. The first-order valence-corrected chi connectivity index (χ1v) is 14.8. The van der Waals surface area contributed by atoms with Crippen molar-refractivity contribution in [3.63, 3.8) is 0 Å². The highest BCUT2D eigenvalue weighted by molar-refractivity contribution is 6.34. The fraction of sp³-hybridized carbons (Fsp3) is 0.121. The van der Waals surface area contributed by atoms with Crippen molar-refractivity contribution in [2.24, 2.45) is 0 Å². The lowest BCUT2D eigenvalue weighted by Gasteiger charge is -2.24. The molecule has 0 spiro atoms. The Morgan fingerprint density at radius 1 is 0.644 bits per heavy atom. The van der Waals surface area contributed by atoms with E-state index < -0.39 is 11.9 Å². The number of halogens is 2. The molecule has 5 rings (SSSR count). The maximum atomic E-state index is 12.2. The predicted octanol–water partition coefficient (Wildman–Crippen LogP) is 8.49. The summed E-state index contributed by atoms with van der Waals surface area (Å²) >= 11 is 13.1. The van der Waals surface area contributed by atoms with Gasteiger partial charge < -0.3 is 20.1 Å². The Hall–Kier alpha value is -5.19. The molecule has 0 fully saturated rings. The second-order valence-electron chi connectivity index (χ2n) is 9.37. The highest BCUT2D eigenvalue weighted by Gasteiger charge is 2.20. The van der Waals surface area contributed by atoms with Gasteiger partial charge in [-0.05, 0) is 74.5 Å². The minimum Gasteiger partial charge on any atom is -0.462 e. The molecule has 1 aromatic heterocycles. The highest BCUT2D eigenvalue weighted by atomic mass is 35.5. The van der Waals surface area contributed by atoms with Gasteiger partial charge in [-0.2, -0.15) is 15.0 Å². The van der Waals surface area contributed by atoms with Crippen LogP contribution in [0.5, 0.6) is 0 Å². The molecule has 0 atom stereocenters. The second kappa shape index (κ2) is 14.5. The zero-order valence-electron chi connectivity index (χ0n) is 24.3. The van der Waals surface area contributed by atoms with Crippen molar-refractivity contribution in [1.82, 2.24) is 15.0 Å². The van der Waals surface area contributed by atoms with Crippen molar-refractivity contribution in [2.45, 2.75) is 13.8 Å². The van der Waals surface area contributed by atoms with E-state index in [9.17, 15) is 9.59 Å². The van der Waals surface area contributed by atoms with E-state index in [1.165, 1.54) is 12.1 Å². The Morgan fingerprint density at radius 2 is 1.07 bits per heavy atom. The number of ether oxygens (including phenoxy) is 2. The maximum absolute atomic E-state index is 12.2. The number of esters is 2. The van der Waals surface area contributed by atoms with Crippen molar-refractivity contribution in [2.75, 3.05) is 28.7 Å². The smallest absolute Gasteiger partial charge is 0.338 e. The first kappa shape index (κ1) is 31.2. The van der Waals surface area contributed by atoms with Crippen molar-refractivity contribution >= 4 is 75.7 Å². The summed E-state index contributed by atoms with van der Waals surface area (Å²) in [4.78, 5) is 40.3. The zero-order chi connectivity index (χ0) is 31.8. The number of carbonyl (C=O) groups is 2. The summed E-state index contributed by atoms with van der Waals surface area (Å²) in [5.74, 6) is -0.362. The number of anilines is 7. The van der Waals surface area contributed by atoms with Crippen molar-refractivity contribution in [3.05, 3.63) is 118 Å². The summed E-state index contributed by atoms with van der Waals surface area (Å²) in [6.07, 6.45) is 0. The molecular weight excluding hydrogens is 615 g/mol. The molecule has 0 saturated carbocycles. The summed E-state index contributed by atoms with van der Waals surface area (Å²) in [6, 6.07) is 28.8. The van der Waals surface area contributed by atoms with E-state index >= 15 is 0 Å². The lowest BCUT2D eigenvalue weighted by molar-refractivity contribution is 0.0517. The lowest BCUT2D eigenvalue weighted by Crippen LogP contribution is -2.16. The molecule has 45 heavy (non-hydrogen) atoms. The van der Waals surface area contributed by atoms with Crippen LogP contribution < -0.4 is 15.5 Å². The van der Waals surface area contributed by atoms with Gasteiger partial charge >= 0.3 is 11.9 Å². The Morgan fingerprint density at radius 3 is 1.44 bits per heavy atom. The fourth-order valence-corrected chi connectivity index (χ4v) is 4.72. The van der Waals surface area contributed by atoms with Gasteiger partial charge in [0.25, 0.3) is 0 Å². The van der Waals surface area contributed by atoms with Crippen LogP contribution in [0.2, 0.25) is 10.0 Å². The molecule has 10 nitrogen and oxygen atoms in total. The SMILES string of the molecule is CCOC(=O)c1ccc(Nc2nc(Nc3ccc(C(=O)OCC)cc3Cl)nc(N(c3ccccc3)c3ccccc3)n2)c(Cl)c1. The fourth-order valence-electron chi connectivity index (χ4n) is 4.27. The average molecular weight is 644 g/mol.